The molecule has 0 fully saturated rings. The zero-order valence-electron chi connectivity index (χ0n) is 46.7. The van der Waals surface area contributed by atoms with Gasteiger partial charge in [0.25, 0.3) is 0 Å². The summed E-state index contributed by atoms with van der Waals surface area (Å²) in [6, 6.07) is -12.5. The molecule has 0 saturated carbocycles. The van der Waals surface area contributed by atoms with Crippen LogP contribution in [0.1, 0.15) is 32.9 Å². The lowest BCUT2D eigenvalue weighted by molar-refractivity contribution is 0.669. The van der Waals surface area contributed by atoms with E-state index in [1.807, 2.05) is 0 Å². The molecule has 0 saturated heterocycles. The third-order valence-electron chi connectivity index (χ3n) is 7.33. The third-order valence-corrected chi connectivity index (χ3v) is 7.33. The summed E-state index contributed by atoms with van der Waals surface area (Å²) in [5, 5.41) is -2.31. The molecule has 0 bridgehead atoms. The summed E-state index contributed by atoms with van der Waals surface area (Å²) in [7, 11) is 0. The van der Waals surface area contributed by atoms with E-state index in [0.717, 1.165) is 0 Å². The van der Waals surface area contributed by atoms with Crippen LogP contribution < -0.4 is 0 Å². The van der Waals surface area contributed by atoms with Crippen molar-refractivity contribution in [2.24, 2.45) is 0 Å². The van der Waals surface area contributed by atoms with Crippen molar-refractivity contribution in [3.8, 4) is 44.5 Å². The smallest absolute Gasteiger partial charge is 0.136 e. The maximum atomic E-state index is 9.41. The molecule has 0 spiro atoms. The minimum atomic E-state index is -0.828. The molecular weight excluding hydrogens is 544 g/mol. The number of hydrogen-bond donors (Lipinski definition) is 0. The summed E-state index contributed by atoms with van der Waals surface area (Å²) in [5.41, 5.74) is -3.68. The van der Waals surface area contributed by atoms with Gasteiger partial charge in [0.2, 0.25) is 0 Å². The SMILES string of the molecule is [2H]c1c([2H])c([2H])c(-c2c([2H])c([2H])c3c(oc4c([2H])c(-c5cccc(-c6c7c([2H])c([2H])c([2H])c([2H])c7c(-c7c([2H])c([2H])c([2H])c([2H])c7[2H])c7c([2H])c([2H])c([2H])c([2H])c67)c5)c([2H])c([2H])c43)c2[2H])c([2H])c1[2H]. The first kappa shape index (κ1) is 11.2. The van der Waals surface area contributed by atoms with Gasteiger partial charge in [-0.05, 0) is 96.3 Å². The number of furan rings is 1. The first-order chi connectivity index (χ1) is 32.3. The van der Waals surface area contributed by atoms with Crippen LogP contribution in [0.2, 0.25) is 0 Å². The van der Waals surface area contributed by atoms with Crippen LogP contribution in [0.25, 0.3) is 88.0 Å². The van der Waals surface area contributed by atoms with Crippen LogP contribution in [0.4, 0.5) is 0 Å². The second-order valence-corrected chi connectivity index (χ2v) is 9.84. The largest absolute Gasteiger partial charge is 0.456 e. The summed E-state index contributed by atoms with van der Waals surface area (Å²) in [6.45, 7) is 0. The highest BCUT2D eigenvalue weighted by Gasteiger charge is 2.17. The average molecular weight is 597 g/mol. The summed E-state index contributed by atoms with van der Waals surface area (Å²) in [4.78, 5) is 0. The Morgan fingerprint density at radius 2 is 0.800 bits per heavy atom. The number of benzene rings is 8. The molecule has 0 radical (unpaired) electrons. The van der Waals surface area contributed by atoms with E-state index in [2.05, 4.69) is 0 Å². The standard InChI is InChI=1S/C44H28O/c1-3-12-29(13-4-1)32-22-24-35-36-25-23-33(28-42(36)45-41(35)27-32)31-16-11-17-34(26-31)44-39-20-9-7-18-37(39)43(30-14-5-2-6-15-30)38-19-8-10-21-40(38)44/h1-28H/i1D,2D,3D,4D,5D,6D,7D,8D,9D,10D,12D,13D,14D,15D,18D,19D,20D,21D,22D,23D,24D,25D,27D,28D. The van der Waals surface area contributed by atoms with Crippen molar-refractivity contribution in [3.63, 3.8) is 0 Å². The summed E-state index contributed by atoms with van der Waals surface area (Å²) < 4.78 is 217. The van der Waals surface area contributed by atoms with E-state index in [1.165, 1.54) is 24.3 Å². The molecule has 1 nitrogen and oxygen atoms in total. The molecule has 0 N–H and O–H groups in total. The predicted octanol–water partition coefficient (Wildman–Crippen LogP) is 12.6. The monoisotopic (exact) mass is 596 g/mol. The van der Waals surface area contributed by atoms with Gasteiger partial charge in [-0.3, -0.25) is 0 Å². The zero-order valence-corrected chi connectivity index (χ0v) is 22.7. The van der Waals surface area contributed by atoms with E-state index in [4.69, 9.17) is 27.7 Å². The van der Waals surface area contributed by atoms with E-state index >= 15 is 0 Å². The van der Waals surface area contributed by atoms with Crippen LogP contribution in [0.3, 0.4) is 0 Å². The maximum Gasteiger partial charge on any atom is 0.136 e. The van der Waals surface area contributed by atoms with Crippen molar-refractivity contribution in [3.05, 3.63) is 169 Å². The average Bonchev–Trinajstić information content (AvgIpc) is 3.75. The van der Waals surface area contributed by atoms with Gasteiger partial charge in [0.1, 0.15) is 11.2 Å². The maximum absolute atomic E-state index is 9.41. The van der Waals surface area contributed by atoms with Crippen LogP contribution in [0.15, 0.2) is 174 Å². The number of rotatable bonds is 4. The van der Waals surface area contributed by atoms with Crippen LogP contribution in [-0.4, -0.2) is 0 Å². The van der Waals surface area contributed by atoms with Crippen LogP contribution in [0, 0.1) is 0 Å². The van der Waals surface area contributed by atoms with Gasteiger partial charge < -0.3 is 4.42 Å². The summed E-state index contributed by atoms with van der Waals surface area (Å²) in [6.07, 6.45) is 0. The molecule has 0 aliphatic carbocycles. The fourth-order valence-electron chi connectivity index (χ4n) is 5.40. The predicted molar refractivity (Wildman–Crippen MR) is 190 cm³/mol. The van der Waals surface area contributed by atoms with Gasteiger partial charge in [0.15, 0.2) is 0 Å². The van der Waals surface area contributed by atoms with Gasteiger partial charge in [-0.15, -0.1) is 0 Å². The van der Waals surface area contributed by atoms with Gasteiger partial charge in [-0.25, -0.2) is 0 Å². The molecule has 8 aromatic carbocycles. The Kier molecular flexibility index (Phi) is 2.58. The van der Waals surface area contributed by atoms with Gasteiger partial charge >= 0.3 is 0 Å². The second kappa shape index (κ2) is 10.4. The van der Waals surface area contributed by atoms with E-state index in [9.17, 15) is 9.60 Å². The Bertz CT molecular complexity index is 3750. The van der Waals surface area contributed by atoms with Gasteiger partial charge in [0.05, 0.1) is 32.9 Å². The molecule has 0 aliphatic heterocycles. The van der Waals surface area contributed by atoms with Crippen molar-refractivity contribution in [2.75, 3.05) is 0 Å². The molecule has 0 atom stereocenters. The Balaban J connectivity index is 1.40. The van der Waals surface area contributed by atoms with Crippen LogP contribution in [-0.2, 0) is 0 Å². The van der Waals surface area contributed by atoms with Gasteiger partial charge in [0, 0.05) is 10.8 Å². The third kappa shape index (κ3) is 4.24. The Morgan fingerprint density at radius 3 is 1.36 bits per heavy atom. The molecule has 9 rings (SSSR count). The molecule has 0 aliphatic rings. The molecule has 0 unspecified atom stereocenters. The molecule has 45 heavy (non-hydrogen) atoms. The topological polar surface area (TPSA) is 13.1 Å². The highest BCUT2D eigenvalue weighted by molar-refractivity contribution is 6.21. The Labute approximate surface area is 295 Å². The van der Waals surface area contributed by atoms with Gasteiger partial charge in [-0.2, -0.15) is 0 Å². The Hall–Kier alpha value is -5.92. The highest BCUT2D eigenvalue weighted by Crippen LogP contribution is 2.44. The second-order valence-electron chi connectivity index (χ2n) is 9.84. The van der Waals surface area contributed by atoms with Crippen molar-refractivity contribution in [1.29, 1.82) is 0 Å². The van der Waals surface area contributed by atoms with Crippen molar-refractivity contribution >= 4 is 43.5 Å². The molecule has 0 amide bonds. The lowest BCUT2D eigenvalue weighted by Gasteiger charge is -2.18. The molecule has 210 valence electrons. The van der Waals surface area contributed by atoms with E-state index in [-0.39, 0.29) is 43.8 Å². The molecule has 1 heterocycles. The quantitative estimate of drug-likeness (QED) is 0.184. The fraction of sp³-hybridized carbons (Fsp3) is 0. The number of fused-ring (bicyclic) bond motifs is 5. The van der Waals surface area contributed by atoms with E-state index in [1.54, 1.807) is 0 Å². The van der Waals surface area contributed by atoms with Crippen molar-refractivity contribution in [1.82, 2.24) is 0 Å². The lowest BCUT2D eigenvalue weighted by atomic mass is 9.85. The summed E-state index contributed by atoms with van der Waals surface area (Å²) in [5.74, 6) is 0. The first-order valence-electron chi connectivity index (χ1n) is 25.5. The lowest BCUT2D eigenvalue weighted by Crippen LogP contribution is -1.91. The molecule has 1 aromatic heterocycles. The van der Waals surface area contributed by atoms with Crippen LogP contribution >= 0.6 is 0 Å². The summed E-state index contributed by atoms with van der Waals surface area (Å²) >= 11 is 0. The van der Waals surface area contributed by atoms with E-state index < -0.39 is 189 Å². The van der Waals surface area contributed by atoms with Crippen LogP contribution in [0.5, 0.6) is 0 Å². The molecule has 9 aromatic rings. The van der Waals surface area contributed by atoms with E-state index in [0.29, 0.717) is 0 Å². The first-order valence-corrected chi connectivity index (χ1v) is 13.5. The normalized spacial score (nSPS) is 19.0. The van der Waals surface area contributed by atoms with Gasteiger partial charge in [-0.1, -0.05) is 139 Å². The Morgan fingerprint density at radius 1 is 0.356 bits per heavy atom. The zero-order chi connectivity index (χ0) is 50.6. The molecule has 1 heteroatoms. The van der Waals surface area contributed by atoms with Crippen molar-refractivity contribution in [2.45, 2.75) is 0 Å². The molecular formula is C44H28O. The van der Waals surface area contributed by atoms with Crippen molar-refractivity contribution < 1.29 is 37.3 Å². The number of hydrogen-bond acceptors (Lipinski definition) is 1. The minimum Gasteiger partial charge on any atom is -0.456 e. The minimum absolute atomic E-state index is 0.0192. The fourth-order valence-corrected chi connectivity index (χ4v) is 5.40. The highest BCUT2D eigenvalue weighted by atomic mass is 16.3.